The van der Waals surface area contributed by atoms with E-state index in [-0.39, 0.29) is 0 Å². The molecule has 0 aromatic heterocycles. The smallest absolute Gasteiger partial charge is 0.161 e. The van der Waals surface area contributed by atoms with Gasteiger partial charge in [-0.3, -0.25) is 0 Å². The highest BCUT2D eigenvalue weighted by atomic mass is 16.6. The predicted octanol–water partition coefficient (Wildman–Crippen LogP) is 1.66. The van der Waals surface area contributed by atoms with Crippen molar-refractivity contribution in [1.29, 1.82) is 0 Å². The first kappa shape index (κ1) is 9.04. The average Bonchev–Trinajstić information content (AvgIpc) is 2.27. The van der Waals surface area contributed by atoms with E-state index < -0.39 is 0 Å². The second kappa shape index (κ2) is 3.42. The molecular weight excluding hydrogens is 190 g/mol. The Kier molecular flexibility index (Phi) is 2.06. The largest absolute Gasteiger partial charge is 0.486 e. The maximum absolute atomic E-state index is 5.59. The lowest BCUT2D eigenvalue weighted by atomic mass is 9.92. The van der Waals surface area contributed by atoms with Gasteiger partial charge in [-0.25, -0.2) is 0 Å². The van der Waals surface area contributed by atoms with Crippen LogP contribution in [0.5, 0.6) is 11.5 Å². The molecule has 2 aliphatic heterocycles. The van der Waals surface area contributed by atoms with Gasteiger partial charge in [0.1, 0.15) is 13.2 Å². The highest BCUT2D eigenvalue weighted by molar-refractivity contribution is 5.49. The first-order valence-electron chi connectivity index (χ1n) is 5.48. The number of hydrogen-bond acceptors (Lipinski definition) is 3. The second-order valence-electron chi connectivity index (χ2n) is 4.23. The Bertz CT molecular complexity index is 389. The van der Waals surface area contributed by atoms with Gasteiger partial charge in [0.2, 0.25) is 0 Å². The van der Waals surface area contributed by atoms with Crippen molar-refractivity contribution in [2.75, 3.05) is 19.8 Å². The van der Waals surface area contributed by atoms with E-state index in [1.807, 2.05) is 0 Å². The normalized spacial score (nSPS) is 23.4. The lowest BCUT2D eigenvalue weighted by molar-refractivity contribution is 0.171. The summed E-state index contributed by atoms with van der Waals surface area (Å²) >= 11 is 0. The van der Waals surface area contributed by atoms with E-state index in [9.17, 15) is 0 Å². The van der Waals surface area contributed by atoms with Crippen LogP contribution in [-0.2, 0) is 6.54 Å². The molecule has 0 saturated carbocycles. The second-order valence-corrected chi connectivity index (χ2v) is 4.23. The van der Waals surface area contributed by atoms with Gasteiger partial charge in [-0.2, -0.15) is 0 Å². The summed E-state index contributed by atoms with van der Waals surface area (Å²) < 4.78 is 11.2. The summed E-state index contributed by atoms with van der Waals surface area (Å²) in [4.78, 5) is 0. The van der Waals surface area contributed by atoms with Crippen LogP contribution in [0.2, 0.25) is 0 Å². The van der Waals surface area contributed by atoms with Crippen LogP contribution in [0.15, 0.2) is 12.1 Å². The summed E-state index contributed by atoms with van der Waals surface area (Å²) in [7, 11) is 0. The maximum atomic E-state index is 5.59. The Hall–Kier alpha value is -1.22. The molecular formula is C12H15NO2. The van der Waals surface area contributed by atoms with Crippen LogP contribution >= 0.6 is 0 Å². The Morgan fingerprint density at radius 3 is 2.73 bits per heavy atom. The molecule has 15 heavy (non-hydrogen) atoms. The summed E-state index contributed by atoms with van der Waals surface area (Å²) in [6.07, 6.45) is 0. The molecule has 1 N–H and O–H groups in total. The van der Waals surface area contributed by atoms with Crippen molar-refractivity contribution in [2.24, 2.45) is 0 Å². The van der Waals surface area contributed by atoms with E-state index in [4.69, 9.17) is 9.47 Å². The fourth-order valence-corrected chi connectivity index (χ4v) is 2.29. The number of rotatable bonds is 0. The molecule has 2 heterocycles. The average molecular weight is 205 g/mol. The monoisotopic (exact) mass is 205 g/mol. The Balaban J connectivity index is 2.08. The minimum atomic E-state index is 0.560. The zero-order valence-corrected chi connectivity index (χ0v) is 8.88. The van der Waals surface area contributed by atoms with E-state index in [0.717, 1.165) is 24.6 Å². The molecule has 1 atom stereocenters. The van der Waals surface area contributed by atoms with Crippen LogP contribution < -0.4 is 14.8 Å². The van der Waals surface area contributed by atoms with E-state index in [0.29, 0.717) is 19.1 Å². The number of ether oxygens (including phenoxy) is 2. The molecule has 0 saturated heterocycles. The lowest BCUT2D eigenvalue weighted by Gasteiger charge is -2.27. The van der Waals surface area contributed by atoms with Crippen molar-refractivity contribution in [1.82, 2.24) is 5.32 Å². The molecule has 0 radical (unpaired) electrons. The van der Waals surface area contributed by atoms with Gasteiger partial charge in [-0.15, -0.1) is 0 Å². The highest BCUT2D eigenvalue weighted by Gasteiger charge is 2.21. The maximum Gasteiger partial charge on any atom is 0.161 e. The van der Waals surface area contributed by atoms with Gasteiger partial charge in [0.15, 0.2) is 11.5 Å². The quantitative estimate of drug-likeness (QED) is 0.698. The van der Waals surface area contributed by atoms with Crippen molar-refractivity contribution in [2.45, 2.75) is 19.4 Å². The zero-order chi connectivity index (χ0) is 10.3. The van der Waals surface area contributed by atoms with E-state index in [1.54, 1.807) is 0 Å². The molecule has 2 aliphatic rings. The van der Waals surface area contributed by atoms with Gasteiger partial charge in [-0.1, -0.05) is 6.92 Å². The Labute approximate surface area is 89.4 Å². The van der Waals surface area contributed by atoms with Gasteiger partial charge < -0.3 is 14.8 Å². The minimum Gasteiger partial charge on any atom is -0.486 e. The molecule has 0 bridgehead atoms. The van der Waals surface area contributed by atoms with Crippen LogP contribution in [0.4, 0.5) is 0 Å². The lowest BCUT2D eigenvalue weighted by Crippen LogP contribution is -2.27. The fourth-order valence-electron chi connectivity index (χ4n) is 2.29. The first-order valence-corrected chi connectivity index (χ1v) is 5.48. The third-order valence-corrected chi connectivity index (χ3v) is 3.10. The van der Waals surface area contributed by atoms with Crippen molar-refractivity contribution in [3.05, 3.63) is 23.3 Å². The molecule has 3 rings (SSSR count). The van der Waals surface area contributed by atoms with Crippen molar-refractivity contribution in [3.8, 4) is 11.5 Å². The van der Waals surface area contributed by atoms with Gasteiger partial charge in [-0.05, 0) is 29.2 Å². The topological polar surface area (TPSA) is 30.5 Å². The molecule has 80 valence electrons. The molecule has 1 aromatic carbocycles. The summed E-state index contributed by atoms with van der Waals surface area (Å²) in [6, 6.07) is 4.27. The van der Waals surface area contributed by atoms with Crippen LogP contribution in [-0.4, -0.2) is 19.8 Å². The molecule has 0 spiro atoms. The standard InChI is InChI=1S/C12H15NO2/c1-8-6-13-7-9-4-11-12(5-10(8)9)15-3-2-14-11/h4-5,8,13H,2-3,6-7H2,1H3. The molecule has 3 nitrogen and oxygen atoms in total. The third kappa shape index (κ3) is 1.47. The van der Waals surface area contributed by atoms with Gasteiger partial charge in [0.05, 0.1) is 0 Å². The minimum absolute atomic E-state index is 0.560. The van der Waals surface area contributed by atoms with E-state index >= 15 is 0 Å². The van der Waals surface area contributed by atoms with Crippen LogP contribution in [0.1, 0.15) is 24.0 Å². The van der Waals surface area contributed by atoms with Gasteiger partial charge >= 0.3 is 0 Å². The SMILES string of the molecule is CC1CNCc2cc3c(cc21)OCCO3. The van der Waals surface area contributed by atoms with Crippen LogP contribution in [0.3, 0.4) is 0 Å². The van der Waals surface area contributed by atoms with Crippen LogP contribution in [0, 0.1) is 0 Å². The zero-order valence-electron chi connectivity index (χ0n) is 8.88. The molecule has 1 aromatic rings. The van der Waals surface area contributed by atoms with Gasteiger partial charge in [0, 0.05) is 13.1 Å². The number of benzene rings is 1. The van der Waals surface area contributed by atoms with Crippen molar-refractivity contribution < 1.29 is 9.47 Å². The van der Waals surface area contributed by atoms with E-state index in [2.05, 4.69) is 24.4 Å². The summed E-state index contributed by atoms with van der Waals surface area (Å²) in [5.74, 6) is 2.37. The number of nitrogens with one attached hydrogen (secondary N) is 1. The number of fused-ring (bicyclic) bond motifs is 2. The van der Waals surface area contributed by atoms with Crippen molar-refractivity contribution in [3.63, 3.8) is 0 Å². The molecule has 0 fully saturated rings. The predicted molar refractivity (Wildman–Crippen MR) is 57.6 cm³/mol. The Morgan fingerprint density at radius 1 is 1.20 bits per heavy atom. The Morgan fingerprint density at radius 2 is 1.93 bits per heavy atom. The summed E-state index contributed by atoms with van der Waals surface area (Å²) in [5.41, 5.74) is 2.75. The summed E-state index contributed by atoms with van der Waals surface area (Å²) in [5, 5.41) is 3.40. The summed E-state index contributed by atoms with van der Waals surface area (Å²) in [6.45, 7) is 5.55. The molecule has 3 heteroatoms. The van der Waals surface area contributed by atoms with Gasteiger partial charge in [0.25, 0.3) is 0 Å². The van der Waals surface area contributed by atoms with Crippen LogP contribution in [0.25, 0.3) is 0 Å². The third-order valence-electron chi connectivity index (χ3n) is 3.10. The number of hydrogen-bond donors (Lipinski definition) is 1. The van der Waals surface area contributed by atoms with E-state index in [1.165, 1.54) is 11.1 Å². The molecule has 0 aliphatic carbocycles. The molecule has 0 amide bonds. The van der Waals surface area contributed by atoms with Crippen molar-refractivity contribution >= 4 is 0 Å². The molecule has 1 unspecified atom stereocenters. The fraction of sp³-hybridized carbons (Fsp3) is 0.500. The first-order chi connectivity index (χ1) is 7.34. The highest BCUT2D eigenvalue weighted by Crippen LogP contribution is 2.36.